The second-order valence-corrected chi connectivity index (χ2v) is 7.83. The molecule has 0 spiro atoms. The number of ether oxygens (including phenoxy) is 3. The Morgan fingerprint density at radius 1 is 1.14 bits per heavy atom. The van der Waals surface area contributed by atoms with Crippen LogP contribution in [0.3, 0.4) is 0 Å². The average molecular weight is 399 g/mol. The first-order valence-electron chi connectivity index (χ1n) is 11.2. The third-order valence-corrected chi connectivity index (χ3v) is 5.95. The van der Waals surface area contributed by atoms with Crippen molar-refractivity contribution in [2.24, 2.45) is 16.8 Å². The van der Waals surface area contributed by atoms with Crippen molar-refractivity contribution in [2.45, 2.75) is 45.6 Å². The van der Waals surface area contributed by atoms with E-state index >= 15 is 0 Å². The zero-order valence-electron chi connectivity index (χ0n) is 18.3. The summed E-state index contributed by atoms with van der Waals surface area (Å²) >= 11 is 0. The van der Waals surface area contributed by atoms with Gasteiger partial charge in [-0.05, 0) is 18.8 Å². The molecule has 2 fully saturated rings. The molecule has 2 aliphatic rings. The van der Waals surface area contributed by atoms with E-state index < -0.39 is 0 Å². The Morgan fingerprint density at radius 2 is 1.93 bits per heavy atom. The third kappa shape index (κ3) is 8.23. The van der Waals surface area contributed by atoms with E-state index in [0.717, 1.165) is 84.6 Å². The Kier molecular flexibility index (Phi) is 11.8. The normalized spacial score (nSPS) is 22.6. The van der Waals surface area contributed by atoms with Crippen LogP contribution >= 0.6 is 0 Å². The third-order valence-electron chi connectivity index (χ3n) is 5.95. The molecule has 0 bridgehead atoms. The number of rotatable bonds is 12. The van der Waals surface area contributed by atoms with Crippen molar-refractivity contribution in [3.8, 4) is 0 Å². The second kappa shape index (κ2) is 14.1. The molecule has 0 aromatic rings. The summed E-state index contributed by atoms with van der Waals surface area (Å²) in [5, 5.41) is 6.97. The molecular formula is C21H42N4O3. The van der Waals surface area contributed by atoms with Gasteiger partial charge in [-0.1, -0.05) is 26.7 Å². The van der Waals surface area contributed by atoms with Crippen LogP contribution < -0.4 is 10.6 Å². The summed E-state index contributed by atoms with van der Waals surface area (Å²) in [4.78, 5) is 6.98. The van der Waals surface area contributed by atoms with Crippen molar-refractivity contribution in [1.29, 1.82) is 0 Å². The van der Waals surface area contributed by atoms with E-state index in [1.165, 1.54) is 12.8 Å². The number of hydrogen-bond donors (Lipinski definition) is 2. The van der Waals surface area contributed by atoms with Crippen LogP contribution in [0.2, 0.25) is 0 Å². The maximum Gasteiger partial charge on any atom is 0.191 e. The number of nitrogens with one attached hydrogen (secondary N) is 2. The highest BCUT2D eigenvalue weighted by atomic mass is 16.5. The maximum atomic E-state index is 5.77. The fraction of sp³-hybridized carbons (Fsp3) is 0.952. The maximum absolute atomic E-state index is 5.77. The minimum atomic E-state index is 0.523. The van der Waals surface area contributed by atoms with E-state index in [1.807, 2.05) is 7.05 Å². The van der Waals surface area contributed by atoms with E-state index in [2.05, 4.69) is 34.4 Å². The van der Waals surface area contributed by atoms with Gasteiger partial charge < -0.3 is 24.8 Å². The van der Waals surface area contributed by atoms with Gasteiger partial charge in [0.15, 0.2) is 5.96 Å². The van der Waals surface area contributed by atoms with Crippen LogP contribution in [0.25, 0.3) is 0 Å². The summed E-state index contributed by atoms with van der Waals surface area (Å²) in [7, 11) is 1.84. The summed E-state index contributed by atoms with van der Waals surface area (Å²) in [6.07, 6.45) is 4.52. The van der Waals surface area contributed by atoms with Crippen LogP contribution in [-0.4, -0.2) is 89.8 Å². The van der Waals surface area contributed by atoms with Crippen LogP contribution in [0.15, 0.2) is 4.99 Å². The standard InChI is InChI=1S/C21H42N4O3/c1-4-19(5-2)20(25-9-13-26-14-10-25)15-24-21(22-3)23-8-6-11-27-16-18-7-12-28-17-18/h18-20H,4-17H2,1-3H3,(H2,22,23,24). The van der Waals surface area contributed by atoms with Gasteiger partial charge in [-0.3, -0.25) is 9.89 Å². The average Bonchev–Trinajstić information content (AvgIpc) is 3.26. The van der Waals surface area contributed by atoms with E-state index in [4.69, 9.17) is 14.2 Å². The molecule has 7 nitrogen and oxygen atoms in total. The smallest absolute Gasteiger partial charge is 0.191 e. The number of morpholine rings is 1. The van der Waals surface area contributed by atoms with Crippen molar-refractivity contribution in [1.82, 2.24) is 15.5 Å². The Bertz CT molecular complexity index is 420. The minimum absolute atomic E-state index is 0.523. The van der Waals surface area contributed by atoms with Gasteiger partial charge in [0.2, 0.25) is 0 Å². The molecule has 2 N–H and O–H groups in total. The molecular weight excluding hydrogens is 356 g/mol. The topological polar surface area (TPSA) is 67.4 Å². The fourth-order valence-electron chi connectivity index (χ4n) is 4.10. The first kappa shape index (κ1) is 23.4. The van der Waals surface area contributed by atoms with Gasteiger partial charge in [-0.25, -0.2) is 0 Å². The summed E-state index contributed by atoms with van der Waals surface area (Å²) in [6.45, 7) is 13.5. The van der Waals surface area contributed by atoms with Gasteiger partial charge in [0.25, 0.3) is 0 Å². The van der Waals surface area contributed by atoms with Crippen LogP contribution in [-0.2, 0) is 14.2 Å². The van der Waals surface area contributed by atoms with E-state index in [9.17, 15) is 0 Å². The van der Waals surface area contributed by atoms with Crippen molar-refractivity contribution in [3.63, 3.8) is 0 Å². The molecule has 7 heteroatoms. The highest BCUT2D eigenvalue weighted by Gasteiger charge is 2.27. The second-order valence-electron chi connectivity index (χ2n) is 7.83. The van der Waals surface area contributed by atoms with E-state index in [1.54, 1.807) is 0 Å². The Hall–Kier alpha value is -0.890. The molecule has 2 aliphatic heterocycles. The summed E-state index contributed by atoms with van der Waals surface area (Å²) in [5.41, 5.74) is 0. The summed E-state index contributed by atoms with van der Waals surface area (Å²) < 4.78 is 16.7. The zero-order valence-corrected chi connectivity index (χ0v) is 18.3. The van der Waals surface area contributed by atoms with Crippen LogP contribution in [0.4, 0.5) is 0 Å². The molecule has 0 aromatic carbocycles. The van der Waals surface area contributed by atoms with Crippen molar-refractivity contribution < 1.29 is 14.2 Å². The molecule has 2 heterocycles. The molecule has 2 rings (SSSR count). The Balaban J connectivity index is 1.66. The van der Waals surface area contributed by atoms with E-state index in [0.29, 0.717) is 17.9 Å². The monoisotopic (exact) mass is 398 g/mol. The van der Waals surface area contributed by atoms with Gasteiger partial charge >= 0.3 is 0 Å². The van der Waals surface area contributed by atoms with Gasteiger partial charge in [0.05, 0.1) is 26.4 Å². The molecule has 0 aromatic heterocycles. The van der Waals surface area contributed by atoms with Crippen molar-refractivity contribution in [2.75, 3.05) is 72.9 Å². The summed E-state index contributed by atoms with van der Waals surface area (Å²) in [5.74, 6) is 2.16. The molecule has 0 aliphatic carbocycles. The predicted molar refractivity (Wildman–Crippen MR) is 114 cm³/mol. The molecule has 2 saturated heterocycles. The Labute approximate surface area is 171 Å². The molecule has 164 valence electrons. The lowest BCUT2D eigenvalue weighted by Gasteiger charge is -2.39. The quantitative estimate of drug-likeness (QED) is 0.296. The first-order chi connectivity index (χ1) is 13.8. The fourth-order valence-corrected chi connectivity index (χ4v) is 4.10. The van der Waals surface area contributed by atoms with Crippen LogP contribution in [0.1, 0.15) is 39.5 Å². The number of guanidine groups is 1. The van der Waals surface area contributed by atoms with Crippen LogP contribution in [0, 0.1) is 11.8 Å². The van der Waals surface area contributed by atoms with Crippen molar-refractivity contribution in [3.05, 3.63) is 0 Å². The molecule has 2 unspecified atom stereocenters. The molecule has 0 saturated carbocycles. The van der Waals surface area contributed by atoms with E-state index in [-0.39, 0.29) is 0 Å². The molecule has 28 heavy (non-hydrogen) atoms. The highest BCUT2D eigenvalue weighted by Crippen LogP contribution is 2.19. The van der Waals surface area contributed by atoms with Gasteiger partial charge in [-0.15, -0.1) is 0 Å². The minimum Gasteiger partial charge on any atom is -0.381 e. The van der Waals surface area contributed by atoms with Gasteiger partial charge in [0.1, 0.15) is 0 Å². The molecule has 0 radical (unpaired) electrons. The predicted octanol–water partition coefficient (Wildman–Crippen LogP) is 1.73. The highest BCUT2D eigenvalue weighted by molar-refractivity contribution is 5.79. The largest absolute Gasteiger partial charge is 0.381 e. The molecule has 0 amide bonds. The van der Waals surface area contributed by atoms with Crippen LogP contribution in [0.5, 0.6) is 0 Å². The molecule has 2 atom stereocenters. The lowest BCUT2D eigenvalue weighted by molar-refractivity contribution is 0.00272. The zero-order chi connectivity index (χ0) is 20.0. The SMILES string of the molecule is CCC(CC)C(CNC(=NC)NCCCOCC1CCOC1)N1CCOCC1. The van der Waals surface area contributed by atoms with Gasteiger partial charge in [0, 0.05) is 58.4 Å². The Morgan fingerprint density at radius 3 is 2.57 bits per heavy atom. The number of hydrogen-bond acceptors (Lipinski definition) is 5. The first-order valence-corrected chi connectivity index (χ1v) is 11.2. The van der Waals surface area contributed by atoms with Crippen molar-refractivity contribution >= 4 is 5.96 Å². The number of aliphatic imine (C=N–C) groups is 1. The van der Waals surface area contributed by atoms with Gasteiger partial charge in [-0.2, -0.15) is 0 Å². The summed E-state index contributed by atoms with van der Waals surface area (Å²) in [6, 6.07) is 0.523. The lowest BCUT2D eigenvalue weighted by Crippen LogP contribution is -2.53. The lowest BCUT2D eigenvalue weighted by atomic mass is 9.92. The number of nitrogens with zero attached hydrogens (tertiary/aromatic N) is 2.